The molecule has 2 heterocycles. The van der Waals surface area contributed by atoms with E-state index in [-0.39, 0.29) is 24.1 Å². The van der Waals surface area contributed by atoms with Gasteiger partial charge in [-0.2, -0.15) is 0 Å². The van der Waals surface area contributed by atoms with Crippen LogP contribution < -0.4 is 10.2 Å². The van der Waals surface area contributed by atoms with E-state index in [1.165, 1.54) is 28.0 Å². The summed E-state index contributed by atoms with van der Waals surface area (Å²) < 4.78 is 0. The molecule has 4 rings (SSSR count). The van der Waals surface area contributed by atoms with Crippen LogP contribution in [-0.4, -0.2) is 23.0 Å². The second kappa shape index (κ2) is 8.41. The normalized spacial score (nSPS) is 16.3. The number of amides is 3. The standard InChI is InChI=1S/C21H15ClN2O3S2/c22-13-3-7-15(8-4-13)24-19(25)12-18(21(24)27)29-16-9-5-14(6-10-16)23-20(26)17-2-1-11-28-17/h1-11,18H,12H2,(H,23,26). The van der Waals surface area contributed by atoms with Gasteiger partial charge >= 0.3 is 0 Å². The molecule has 146 valence electrons. The molecule has 29 heavy (non-hydrogen) atoms. The SMILES string of the molecule is O=C(Nc1ccc(SC2CC(=O)N(c3ccc(Cl)cc3)C2=O)cc1)c1cccs1. The van der Waals surface area contributed by atoms with Crippen molar-refractivity contribution in [2.75, 3.05) is 10.2 Å². The summed E-state index contributed by atoms with van der Waals surface area (Å²) in [5.41, 5.74) is 1.20. The van der Waals surface area contributed by atoms with E-state index < -0.39 is 5.25 Å². The molecule has 1 N–H and O–H groups in total. The number of hydrogen-bond acceptors (Lipinski definition) is 5. The Kier molecular flexibility index (Phi) is 5.71. The van der Waals surface area contributed by atoms with Crippen LogP contribution in [0.3, 0.4) is 0 Å². The zero-order chi connectivity index (χ0) is 20.4. The molecule has 0 aliphatic carbocycles. The van der Waals surface area contributed by atoms with Crippen molar-refractivity contribution in [3.05, 3.63) is 75.9 Å². The summed E-state index contributed by atoms with van der Waals surface area (Å²) in [7, 11) is 0. The second-order valence-electron chi connectivity index (χ2n) is 6.31. The maximum Gasteiger partial charge on any atom is 0.265 e. The van der Waals surface area contributed by atoms with E-state index in [1.54, 1.807) is 42.5 Å². The number of anilines is 2. The Labute approximate surface area is 180 Å². The average Bonchev–Trinajstić information content (AvgIpc) is 3.34. The zero-order valence-corrected chi connectivity index (χ0v) is 17.4. The minimum Gasteiger partial charge on any atom is -0.321 e. The monoisotopic (exact) mass is 442 g/mol. The summed E-state index contributed by atoms with van der Waals surface area (Å²) in [4.78, 5) is 39.9. The minimum atomic E-state index is -0.482. The van der Waals surface area contributed by atoms with Gasteiger partial charge in [0.1, 0.15) is 0 Å². The van der Waals surface area contributed by atoms with E-state index in [9.17, 15) is 14.4 Å². The van der Waals surface area contributed by atoms with Crippen LogP contribution in [0.5, 0.6) is 0 Å². The Morgan fingerprint density at radius 3 is 2.45 bits per heavy atom. The van der Waals surface area contributed by atoms with Gasteiger partial charge in [-0.3, -0.25) is 14.4 Å². The van der Waals surface area contributed by atoms with E-state index in [4.69, 9.17) is 11.6 Å². The van der Waals surface area contributed by atoms with E-state index in [0.29, 0.717) is 21.3 Å². The molecule has 0 spiro atoms. The smallest absolute Gasteiger partial charge is 0.265 e. The highest BCUT2D eigenvalue weighted by Crippen LogP contribution is 2.34. The second-order valence-corrected chi connectivity index (χ2v) is 8.97. The third kappa shape index (κ3) is 4.37. The topological polar surface area (TPSA) is 66.5 Å². The molecule has 1 unspecified atom stereocenters. The van der Waals surface area contributed by atoms with Gasteiger partial charge in [0.15, 0.2) is 0 Å². The summed E-state index contributed by atoms with van der Waals surface area (Å²) in [5, 5.41) is 4.75. The first-order valence-electron chi connectivity index (χ1n) is 8.75. The van der Waals surface area contributed by atoms with Gasteiger partial charge in [-0.05, 0) is 60.0 Å². The predicted molar refractivity (Wildman–Crippen MR) is 117 cm³/mol. The van der Waals surface area contributed by atoms with E-state index in [1.807, 2.05) is 23.6 Å². The van der Waals surface area contributed by atoms with Gasteiger partial charge < -0.3 is 5.32 Å². The van der Waals surface area contributed by atoms with Crippen LogP contribution in [0.25, 0.3) is 0 Å². The molecule has 2 aromatic carbocycles. The number of nitrogens with zero attached hydrogens (tertiary/aromatic N) is 1. The number of imide groups is 1. The quantitative estimate of drug-likeness (QED) is 0.559. The summed E-state index contributed by atoms with van der Waals surface area (Å²) in [5.74, 6) is -0.623. The first kappa shape index (κ1) is 19.7. The van der Waals surface area contributed by atoms with Gasteiger partial charge in [0.25, 0.3) is 5.91 Å². The molecule has 1 aliphatic heterocycles. The molecule has 3 aromatic rings. The van der Waals surface area contributed by atoms with Crippen LogP contribution >= 0.6 is 34.7 Å². The van der Waals surface area contributed by atoms with Crippen LogP contribution in [0.1, 0.15) is 16.1 Å². The first-order valence-corrected chi connectivity index (χ1v) is 10.9. The van der Waals surface area contributed by atoms with Crippen molar-refractivity contribution in [3.8, 4) is 0 Å². The highest BCUT2D eigenvalue weighted by Gasteiger charge is 2.40. The van der Waals surface area contributed by atoms with Crippen molar-refractivity contribution in [1.82, 2.24) is 0 Å². The Bertz CT molecular complexity index is 1050. The van der Waals surface area contributed by atoms with Crippen molar-refractivity contribution < 1.29 is 14.4 Å². The van der Waals surface area contributed by atoms with Crippen molar-refractivity contribution >= 4 is 63.8 Å². The number of rotatable bonds is 5. The maximum absolute atomic E-state index is 12.7. The van der Waals surface area contributed by atoms with E-state index in [0.717, 1.165) is 4.90 Å². The van der Waals surface area contributed by atoms with E-state index >= 15 is 0 Å². The molecule has 1 saturated heterocycles. The molecule has 1 fully saturated rings. The Morgan fingerprint density at radius 2 is 1.79 bits per heavy atom. The van der Waals surface area contributed by atoms with Crippen LogP contribution in [0.2, 0.25) is 5.02 Å². The molecule has 1 aliphatic rings. The average molecular weight is 443 g/mol. The molecule has 5 nitrogen and oxygen atoms in total. The molecule has 0 bridgehead atoms. The first-order chi connectivity index (χ1) is 14.0. The van der Waals surface area contributed by atoms with Crippen molar-refractivity contribution in [1.29, 1.82) is 0 Å². The number of nitrogens with one attached hydrogen (secondary N) is 1. The fraction of sp³-hybridized carbons (Fsp3) is 0.0952. The summed E-state index contributed by atoms with van der Waals surface area (Å²) in [6.07, 6.45) is 0.142. The molecule has 0 saturated carbocycles. The van der Waals surface area contributed by atoms with Crippen LogP contribution in [0.15, 0.2) is 70.9 Å². The van der Waals surface area contributed by atoms with Crippen LogP contribution in [0.4, 0.5) is 11.4 Å². The van der Waals surface area contributed by atoms with Gasteiger partial charge in [-0.25, -0.2) is 4.90 Å². The number of carbonyl (C=O) groups excluding carboxylic acids is 3. The van der Waals surface area contributed by atoms with Gasteiger partial charge in [0, 0.05) is 22.0 Å². The highest BCUT2D eigenvalue weighted by atomic mass is 35.5. The molecule has 1 atom stereocenters. The van der Waals surface area contributed by atoms with Gasteiger partial charge in [-0.1, -0.05) is 17.7 Å². The third-order valence-corrected chi connectivity index (χ3v) is 6.64. The summed E-state index contributed by atoms with van der Waals surface area (Å²) in [6.45, 7) is 0. The zero-order valence-electron chi connectivity index (χ0n) is 15.0. The predicted octanol–water partition coefficient (Wildman–Crippen LogP) is 5.08. The van der Waals surface area contributed by atoms with E-state index in [2.05, 4.69) is 5.32 Å². The maximum atomic E-state index is 12.7. The fourth-order valence-corrected chi connectivity index (χ4v) is 4.74. The number of thiophene rings is 1. The summed E-state index contributed by atoms with van der Waals surface area (Å²) in [6, 6.07) is 17.5. The molecular formula is C21H15ClN2O3S2. The number of carbonyl (C=O) groups is 3. The number of benzene rings is 2. The van der Waals surface area contributed by atoms with Crippen LogP contribution in [0, 0.1) is 0 Å². The largest absolute Gasteiger partial charge is 0.321 e. The van der Waals surface area contributed by atoms with Gasteiger partial charge in [0.2, 0.25) is 11.8 Å². The molecule has 1 aromatic heterocycles. The lowest BCUT2D eigenvalue weighted by Crippen LogP contribution is -2.31. The van der Waals surface area contributed by atoms with Crippen molar-refractivity contribution in [2.45, 2.75) is 16.6 Å². The Balaban J connectivity index is 1.41. The summed E-state index contributed by atoms with van der Waals surface area (Å²) >= 11 is 8.60. The Morgan fingerprint density at radius 1 is 1.07 bits per heavy atom. The fourth-order valence-electron chi connectivity index (χ4n) is 2.94. The molecule has 3 amide bonds. The third-order valence-electron chi connectivity index (χ3n) is 4.33. The lowest BCUT2D eigenvalue weighted by atomic mass is 10.3. The number of halogens is 1. The number of hydrogen-bond donors (Lipinski definition) is 1. The molecule has 0 radical (unpaired) electrons. The number of thioether (sulfide) groups is 1. The van der Waals surface area contributed by atoms with Crippen molar-refractivity contribution in [2.24, 2.45) is 0 Å². The Hall–Kier alpha value is -2.61. The lowest BCUT2D eigenvalue weighted by Gasteiger charge is -2.15. The van der Waals surface area contributed by atoms with Crippen LogP contribution in [-0.2, 0) is 9.59 Å². The lowest BCUT2D eigenvalue weighted by molar-refractivity contribution is -0.121. The van der Waals surface area contributed by atoms with Crippen molar-refractivity contribution in [3.63, 3.8) is 0 Å². The molecule has 8 heteroatoms. The molecular weight excluding hydrogens is 428 g/mol. The van der Waals surface area contributed by atoms with Gasteiger partial charge in [-0.15, -0.1) is 23.1 Å². The van der Waals surface area contributed by atoms with Gasteiger partial charge in [0.05, 0.1) is 15.8 Å². The highest BCUT2D eigenvalue weighted by molar-refractivity contribution is 8.00. The minimum absolute atomic E-state index is 0.142.